The summed E-state index contributed by atoms with van der Waals surface area (Å²) in [6, 6.07) is 0.399. The molecule has 0 bridgehead atoms. The Bertz CT molecular complexity index is 399. The van der Waals surface area contributed by atoms with E-state index >= 15 is 0 Å². The molecule has 1 N–H and O–H groups in total. The molecule has 1 saturated carbocycles. The molecule has 1 atom stereocenters. The van der Waals surface area contributed by atoms with Gasteiger partial charge >= 0.3 is 0 Å². The molecule has 0 radical (unpaired) electrons. The van der Waals surface area contributed by atoms with Crippen molar-refractivity contribution in [3.8, 4) is 0 Å². The Morgan fingerprint density at radius 1 is 1.30 bits per heavy atom. The van der Waals surface area contributed by atoms with Crippen molar-refractivity contribution < 1.29 is 4.74 Å². The van der Waals surface area contributed by atoms with Crippen LogP contribution in [-0.2, 0) is 4.74 Å². The molecule has 3 nitrogen and oxygen atoms in total. The van der Waals surface area contributed by atoms with E-state index in [1.165, 1.54) is 42.7 Å². The van der Waals surface area contributed by atoms with E-state index in [2.05, 4.69) is 31.1 Å². The predicted octanol–water partition coefficient (Wildman–Crippen LogP) is 4.15. The minimum atomic E-state index is 0.399. The molecule has 114 valence electrons. The van der Waals surface area contributed by atoms with Crippen LogP contribution in [0, 0.1) is 13.8 Å². The van der Waals surface area contributed by atoms with Gasteiger partial charge in [0.15, 0.2) is 0 Å². The van der Waals surface area contributed by atoms with Crippen LogP contribution in [0.4, 0.5) is 0 Å². The molecule has 0 aliphatic heterocycles. The maximum atomic E-state index is 5.95. The number of hydrogen-bond donors (Lipinski definition) is 1. The van der Waals surface area contributed by atoms with E-state index in [1.54, 1.807) is 11.3 Å². The van der Waals surface area contributed by atoms with E-state index in [0.717, 1.165) is 24.6 Å². The lowest BCUT2D eigenvalue weighted by molar-refractivity contribution is 0.0271. The lowest BCUT2D eigenvalue weighted by Gasteiger charge is -2.22. The smallest absolute Gasteiger partial charge is 0.0900 e. The summed E-state index contributed by atoms with van der Waals surface area (Å²) in [6.45, 7) is 8.31. The highest BCUT2D eigenvalue weighted by molar-refractivity contribution is 7.11. The zero-order valence-corrected chi connectivity index (χ0v) is 13.9. The van der Waals surface area contributed by atoms with E-state index in [1.807, 2.05) is 0 Å². The first-order valence-corrected chi connectivity index (χ1v) is 8.77. The summed E-state index contributed by atoms with van der Waals surface area (Å²) in [5.41, 5.74) is 1.17. The fourth-order valence-electron chi connectivity index (χ4n) is 2.91. The zero-order valence-electron chi connectivity index (χ0n) is 13.1. The molecular formula is C16H28N2OS. The monoisotopic (exact) mass is 296 g/mol. The molecule has 0 saturated heterocycles. The van der Waals surface area contributed by atoms with Crippen LogP contribution in [0.2, 0.25) is 0 Å². The van der Waals surface area contributed by atoms with Gasteiger partial charge in [-0.3, -0.25) is 0 Å². The maximum Gasteiger partial charge on any atom is 0.0900 e. The first-order chi connectivity index (χ1) is 9.66. The number of hydrogen-bond acceptors (Lipinski definition) is 4. The van der Waals surface area contributed by atoms with E-state index in [4.69, 9.17) is 4.74 Å². The van der Waals surface area contributed by atoms with Gasteiger partial charge in [-0.2, -0.15) is 0 Å². The summed E-state index contributed by atoms with van der Waals surface area (Å²) in [5, 5.41) is 4.74. The summed E-state index contributed by atoms with van der Waals surface area (Å²) < 4.78 is 5.95. The lowest BCUT2D eigenvalue weighted by Crippen LogP contribution is -2.23. The van der Waals surface area contributed by atoms with E-state index in [-0.39, 0.29) is 0 Å². The second-order valence-corrected chi connectivity index (χ2v) is 7.08. The van der Waals surface area contributed by atoms with Gasteiger partial charge in [0.1, 0.15) is 0 Å². The molecule has 0 amide bonds. The van der Waals surface area contributed by atoms with Gasteiger partial charge in [0.05, 0.1) is 16.8 Å². The van der Waals surface area contributed by atoms with Crippen molar-refractivity contribution in [1.29, 1.82) is 0 Å². The molecule has 1 aromatic rings. The molecule has 0 aromatic carbocycles. The van der Waals surface area contributed by atoms with Crippen molar-refractivity contribution in [2.75, 3.05) is 13.2 Å². The molecule has 20 heavy (non-hydrogen) atoms. The number of aryl methyl sites for hydroxylation is 2. The van der Waals surface area contributed by atoms with Gasteiger partial charge in [-0.1, -0.05) is 19.3 Å². The van der Waals surface area contributed by atoms with Crippen LogP contribution in [0.3, 0.4) is 0 Å². The van der Waals surface area contributed by atoms with Gasteiger partial charge in [0, 0.05) is 17.5 Å². The van der Waals surface area contributed by atoms with Crippen molar-refractivity contribution in [3.05, 3.63) is 15.6 Å². The molecule has 1 fully saturated rings. The highest BCUT2D eigenvalue weighted by atomic mass is 32.1. The number of ether oxygens (including phenoxy) is 1. The fraction of sp³-hybridized carbons (Fsp3) is 0.812. The highest BCUT2D eigenvalue weighted by Gasteiger charge is 2.14. The average Bonchev–Trinajstić information content (AvgIpc) is 2.78. The van der Waals surface area contributed by atoms with Crippen LogP contribution in [0.1, 0.15) is 67.1 Å². The van der Waals surface area contributed by atoms with Crippen LogP contribution in [0.25, 0.3) is 0 Å². The topological polar surface area (TPSA) is 34.2 Å². The number of nitrogens with one attached hydrogen (secondary N) is 1. The van der Waals surface area contributed by atoms with Gasteiger partial charge < -0.3 is 10.1 Å². The molecule has 1 aliphatic rings. The number of aromatic nitrogens is 1. The van der Waals surface area contributed by atoms with Crippen molar-refractivity contribution in [3.63, 3.8) is 0 Å². The maximum absolute atomic E-state index is 5.95. The average molecular weight is 296 g/mol. The summed E-state index contributed by atoms with van der Waals surface area (Å²) in [4.78, 5) is 5.86. The molecule has 1 unspecified atom stereocenters. The molecule has 0 spiro atoms. The highest BCUT2D eigenvalue weighted by Crippen LogP contribution is 2.24. The summed E-state index contributed by atoms with van der Waals surface area (Å²) in [6.07, 6.45) is 8.26. The quantitative estimate of drug-likeness (QED) is 0.768. The fourth-order valence-corrected chi connectivity index (χ4v) is 3.87. The Hall–Kier alpha value is -0.450. The van der Waals surface area contributed by atoms with Crippen molar-refractivity contribution in [1.82, 2.24) is 10.3 Å². The Kier molecular flexibility index (Phi) is 6.46. The second-order valence-electron chi connectivity index (χ2n) is 5.84. The summed E-state index contributed by atoms with van der Waals surface area (Å²) >= 11 is 1.80. The van der Waals surface area contributed by atoms with Gasteiger partial charge in [0.25, 0.3) is 0 Å². The summed E-state index contributed by atoms with van der Waals surface area (Å²) in [5.74, 6) is 0. The molecular weight excluding hydrogens is 268 g/mol. The van der Waals surface area contributed by atoms with Gasteiger partial charge in [-0.05, 0) is 46.6 Å². The van der Waals surface area contributed by atoms with Crippen molar-refractivity contribution in [2.24, 2.45) is 0 Å². The van der Waals surface area contributed by atoms with Crippen LogP contribution >= 0.6 is 11.3 Å². The zero-order chi connectivity index (χ0) is 14.4. The minimum absolute atomic E-state index is 0.399. The SMILES string of the molecule is Cc1nc(C)c(C(C)NCCCOC2CCCCC2)s1. The number of nitrogens with zero attached hydrogens (tertiary/aromatic N) is 1. The largest absolute Gasteiger partial charge is 0.378 e. The van der Waals surface area contributed by atoms with Crippen LogP contribution in [-0.4, -0.2) is 24.2 Å². The number of thiazole rings is 1. The predicted molar refractivity (Wildman–Crippen MR) is 85.4 cm³/mol. The van der Waals surface area contributed by atoms with E-state index < -0.39 is 0 Å². The van der Waals surface area contributed by atoms with E-state index in [9.17, 15) is 0 Å². The van der Waals surface area contributed by atoms with Gasteiger partial charge in [0.2, 0.25) is 0 Å². The Labute approximate surface area is 127 Å². The van der Waals surface area contributed by atoms with Crippen molar-refractivity contribution in [2.45, 2.75) is 71.4 Å². The van der Waals surface area contributed by atoms with Crippen LogP contribution < -0.4 is 5.32 Å². The van der Waals surface area contributed by atoms with Crippen LogP contribution in [0.5, 0.6) is 0 Å². The minimum Gasteiger partial charge on any atom is -0.378 e. The van der Waals surface area contributed by atoms with Gasteiger partial charge in [-0.15, -0.1) is 11.3 Å². The molecule has 1 heterocycles. The first kappa shape index (κ1) is 15.9. The third kappa shape index (κ3) is 4.83. The third-order valence-corrected chi connectivity index (χ3v) is 5.27. The number of rotatable bonds is 7. The van der Waals surface area contributed by atoms with Crippen LogP contribution in [0.15, 0.2) is 0 Å². The molecule has 2 rings (SSSR count). The summed E-state index contributed by atoms with van der Waals surface area (Å²) in [7, 11) is 0. The Morgan fingerprint density at radius 2 is 2.05 bits per heavy atom. The molecule has 1 aromatic heterocycles. The Morgan fingerprint density at radius 3 is 2.70 bits per heavy atom. The molecule has 1 aliphatic carbocycles. The van der Waals surface area contributed by atoms with E-state index in [0.29, 0.717) is 12.1 Å². The third-order valence-electron chi connectivity index (χ3n) is 4.01. The lowest BCUT2D eigenvalue weighted by atomic mass is 9.98. The molecule has 4 heteroatoms. The van der Waals surface area contributed by atoms with Crippen molar-refractivity contribution >= 4 is 11.3 Å². The normalized spacial score (nSPS) is 18.4. The standard InChI is InChI=1S/C16H28N2OS/c1-12(16-13(2)18-14(3)20-16)17-10-7-11-19-15-8-5-4-6-9-15/h12,15,17H,4-11H2,1-3H3. The Balaban J connectivity index is 1.59. The first-order valence-electron chi connectivity index (χ1n) is 7.95. The second kappa shape index (κ2) is 8.11. The van der Waals surface area contributed by atoms with Gasteiger partial charge in [-0.25, -0.2) is 4.98 Å².